The Kier molecular flexibility index (Phi) is 6.45. The molecule has 3 rings (SSSR count). The molecular weight excluding hydrogens is 315 g/mol. The van der Waals surface area contributed by atoms with Crippen LogP contribution in [0.1, 0.15) is 44.1 Å². The Hall–Kier alpha value is -2.49. The fraction of sp³-hybridized carbons (Fsp3) is 0.333. The van der Waals surface area contributed by atoms with Gasteiger partial charge in [-0.25, -0.2) is 9.37 Å². The van der Waals surface area contributed by atoms with E-state index in [-0.39, 0.29) is 5.56 Å². The quantitative estimate of drug-likeness (QED) is 0.682. The Morgan fingerprint density at radius 3 is 2.28 bits per heavy atom. The Balaban J connectivity index is 0.000000701. The average molecular weight is 340 g/mol. The monoisotopic (exact) mass is 340 g/mol. The molecule has 0 unspecified atom stereocenters. The number of hydrogen-bond donors (Lipinski definition) is 0. The maximum Gasteiger partial charge on any atom is 0.261 e. The highest BCUT2D eigenvalue weighted by molar-refractivity contribution is 5.77. The minimum Gasteiger partial charge on any atom is -0.296 e. The van der Waals surface area contributed by atoms with E-state index in [4.69, 9.17) is 0 Å². The molecule has 0 aliphatic rings. The zero-order valence-corrected chi connectivity index (χ0v) is 15.3. The van der Waals surface area contributed by atoms with Crippen molar-refractivity contribution in [2.75, 3.05) is 0 Å². The van der Waals surface area contributed by atoms with Gasteiger partial charge in [-0.15, -0.1) is 0 Å². The van der Waals surface area contributed by atoms with E-state index in [1.807, 2.05) is 38.1 Å². The first-order chi connectivity index (χ1) is 12.0. The molecule has 1 heterocycles. The van der Waals surface area contributed by atoms with E-state index in [1.54, 1.807) is 10.6 Å². The highest BCUT2D eigenvalue weighted by Gasteiger charge is 2.11. The van der Waals surface area contributed by atoms with E-state index in [1.165, 1.54) is 24.1 Å². The van der Waals surface area contributed by atoms with Gasteiger partial charge in [0, 0.05) is 13.0 Å². The molecule has 0 amide bonds. The summed E-state index contributed by atoms with van der Waals surface area (Å²) in [5, 5.41) is 0.328. The van der Waals surface area contributed by atoms with Gasteiger partial charge >= 0.3 is 0 Å². The fourth-order valence-corrected chi connectivity index (χ4v) is 2.59. The predicted octanol–water partition coefficient (Wildman–Crippen LogP) is 4.87. The maximum atomic E-state index is 13.4. The minimum atomic E-state index is -0.416. The van der Waals surface area contributed by atoms with Gasteiger partial charge in [-0.05, 0) is 37.6 Å². The van der Waals surface area contributed by atoms with Crippen LogP contribution in [0.3, 0.4) is 0 Å². The molecular formula is C21H25FN2O. The number of aromatic nitrogens is 2. The van der Waals surface area contributed by atoms with Crippen LogP contribution in [-0.4, -0.2) is 9.55 Å². The van der Waals surface area contributed by atoms with Crippen LogP contribution in [0.25, 0.3) is 10.9 Å². The van der Waals surface area contributed by atoms with E-state index in [0.717, 1.165) is 5.56 Å². The smallest absolute Gasteiger partial charge is 0.261 e. The molecule has 25 heavy (non-hydrogen) atoms. The van der Waals surface area contributed by atoms with Gasteiger partial charge in [0.15, 0.2) is 0 Å². The SMILES string of the molecule is CCC.CCn1c(Cc2ccc(C)cc2)nc2ccc(F)cc2c1=O. The van der Waals surface area contributed by atoms with E-state index < -0.39 is 5.82 Å². The molecule has 0 bridgehead atoms. The Labute approximate surface area is 148 Å². The van der Waals surface area contributed by atoms with Crippen LogP contribution in [0.4, 0.5) is 4.39 Å². The summed E-state index contributed by atoms with van der Waals surface area (Å²) in [6.07, 6.45) is 1.83. The molecule has 0 aliphatic carbocycles. The third-order valence-electron chi connectivity index (χ3n) is 3.79. The summed E-state index contributed by atoms with van der Waals surface area (Å²) in [5.41, 5.74) is 2.65. The number of nitrogens with zero attached hydrogens (tertiary/aromatic N) is 2. The first-order valence-corrected chi connectivity index (χ1v) is 8.74. The van der Waals surface area contributed by atoms with Gasteiger partial charge in [-0.1, -0.05) is 50.1 Å². The normalized spacial score (nSPS) is 10.4. The van der Waals surface area contributed by atoms with Crippen LogP contribution in [0.5, 0.6) is 0 Å². The second-order valence-electron chi connectivity index (χ2n) is 6.11. The minimum absolute atomic E-state index is 0.186. The zero-order valence-electron chi connectivity index (χ0n) is 15.3. The number of aryl methyl sites for hydroxylation is 1. The zero-order chi connectivity index (χ0) is 18.4. The summed E-state index contributed by atoms with van der Waals surface area (Å²) < 4.78 is 15.0. The van der Waals surface area contributed by atoms with Crippen LogP contribution >= 0.6 is 0 Å². The molecule has 0 saturated heterocycles. The average Bonchev–Trinajstić information content (AvgIpc) is 2.59. The number of fused-ring (bicyclic) bond motifs is 1. The number of rotatable bonds is 3. The first-order valence-electron chi connectivity index (χ1n) is 8.74. The molecule has 2 aromatic carbocycles. The van der Waals surface area contributed by atoms with E-state index >= 15 is 0 Å². The lowest BCUT2D eigenvalue weighted by molar-refractivity contribution is 0.627. The second-order valence-corrected chi connectivity index (χ2v) is 6.11. The fourth-order valence-electron chi connectivity index (χ4n) is 2.59. The standard InChI is InChI=1S/C18H17FN2O.C3H8/c1-3-21-17(10-13-6-4-12(2)5-7-13)20-16-9-8-14(19)11-15(16)18(21)22;1-3-2/h4-9,11H,3,10H2,1-2H3;3H2,1-2H3. The van der Waals surface area contributed by atoms with Crippen LogP contribution < -0.4 is 5.56 Å². The molecule has 0 spiro atoms. The molecule has 1 aromatic heterocycles. The predicted molar refractivity (Wildman–Crippen MR) is 102 cm³/mol. The lowest BCUT2D eigenvalue weighted by Gasteiger charge is -2.12. The molecule has 0 atom stereocenters. The highest BCUT2D eigenvalue weighted by atomic mass is 19.1. The molecule has 3 nitrogen and oxygen atoms in total. The summed E-state index contributed by atoms with van der Waals surface area (Å²) in [4.78, 5) is 17.1. The number of hydrogen-bond acceptors (Lipinski definition) is 2. The van der Waals surface area contributed by atoms with Crippen molar-refractivity contribution >= 4 is 10.9 Å². The lowest BCUT2D eigenvalue weighted by Crippen LogP contribution is -2.25. The van der Waals surface area contributed by atoms with Crippen LogP contribution in [0.2, 0.25) is 0 Å². The van der Waals surface area contributed by atoms with Gasteiger partial charge in [-0.2, -0.15) is 0 Å². The van der Waals surface area contributed by atoms with Crippen LogP contribution in [0, 0.1) is 12.7 Å². The van der Waals surface area contributed by atoms with Crippen molar-refractivity contribution in [1.29, 1.82) is 0 Å². The Morgan fingerprint density at radius 1 is 1.04 bits per heavy atom. The first kappa shape index (κ1) is 18.8. The van der Waals surface area contributed by atoms with Crippen molar-refractivity contribution in [1.82, 2.24) is 9.55 Å². The molecule has 0 aliphatic heterocycles. The van der Waals surface area contributed by atoms with E-state index in [9.17, 15) is 9.18 Å². The Bertz CT molecular complexity index is 898. The van der Waals surface area contributed by atoms with Crippen molar-refractivity contribution in [2.24, 2.45) is 0 Å². The largest absolute Gasteiger partial charge is 0.296 e. The molecule has 0 fully saturated rings. The van der Waals surface area contributed by atoms with Gasteiger partial charge in [-0.3, -0.25) is 9.36 Å². The lowest BCUT2D eigenvalue weighted by atomic mass is 10.1. The third-order valence-corrected chi connectivity index (χ3v) is 3.79. The number of benzene rings is 2. The second kappa shape index (κ2) is 8.56. The van der Waals surface area contributed by atoms with Gasteiger partial charge in [0.1, 0.15) is 11.6 Å². The molecule has 0 saturated carbocycles. The van der Waals surface area contributed by atoms with Crippen molar-refractivity contribution in [3.05, 3.63) is 75.6 Å². The molecule has 0 N–H and O–H groups in total. The van der Waals surface area contributed by atoms with Crippen molar-refractivity contribution in [3.63, 3.8) is 0 Å². The summed E-state index contributed by atoms with van der Waals surface area (Å²) in [7, 11) is 0. The highest BCUT2D eigenvalue weighted by Crippen LogP contribution is 2.14. The summed E-state index contributed by atoms with van der Waals surface area (Å²) in [6.45, 7) is 8.70. The summed E-state index contributed by atoms with van der Waals surface area (Å²) in [6, 6.07) is 12.3. The maximum absolute atomic E-state index is 13.4. The molecule has 0 radical (unpaired) electrons. The van der Waals surface area contributed by atoms with Gasteiger partial charge in [0.25, 0.3) is 5.56 Å². The van der Waals surface area contributed by atoms with Gasteiger partial charge in [0.2, 0.25) is 0 Å². The topological polar surface area (TPSA) is 34.9 Å². The van der Waals surface area contributed by atoms with Crippen molar-refractivity contribution in [3.8, 4) is 0 Å². The molecule has 4 heteroatoms. The molecule has 132 valence electrons. The van der Waals surface area contributed by atoms with Crippen molar-refractivity contribution < 1.29 is 4.39 Å². The summed E-state index contributed by atoms with van der Waals surface area (Å²) >= 11 is 0. The van der Waals surface area contributed by atoms with Gasteiger partial charge in [0.05, 0.1) is 10.9 Å². The number of halogens is 1. The third kappa shape index (κ3) is 4.53. The Morgan fingerprint density at radius 2 is 1.68 bits per heavy atom. The van der Waals surface area contributed by atoms with E-state index in [0.29, 0.717) is 29.7 Å². The molecule has 3 aromatic rings. The van der Waals surface area contributed by atoms with E-state index in [2.05, 4.69) is 18.8 Å². The van der Waals surface area contributed by atoms with Gasteiger partial charge < -0.3 is 0 Å². The summed E-state index contributed by atoms with van der Waals surface area (Å²) in [5.74, 6) is 0.288. The van der Waals surface area contributed by atoms with Crippen LogP contribution in [-0.2, 0) is 13.0 Å². The van der Waals surface area contributed by atoms with Crippen LogP contribution in [0.15, 0.2) is 47.3 Å². The van der Waals surface area contributed by atoms with Crippen molar-refractivity contribution in [2.45, 2.75) is 47.1 Å².